The van der Waals surface area contributed by atoms with Crippen molar-refractivity contribution in [2.75, 3.05) is 6.54 Å². The maximum absolute atomic E-state index is 13.0. The third-order valence-electron chi connectivity index (χ3n) is 4.84. The summed E-state index contributed by atoms with van der Waals surface area (Å²) < 4.78 is 5.31. The first-order valence-electron chi connectivity index (χ1n) is 8.60. The van der Waals surface area contributed by atoms with E-state index in [2.05, 4.69) is 17.4 Å². The van der Waals surface area contributed by atoms with E-state index in [1.807, 2.05) is 37.8 Å². The fourth-order valence-electron chi connectivity index (χ4n) is 3.67. The van der Waals surface area contributed by atoms with Crippen LogP contribution in [0.1, 0.15) is 57.7 Å². The molecule has 130 valence electrons. The van der Waals surface area contributed by atoms with Crippen LogP contribution in [0.25, 0.3) is 0 Å². The van der Waals surface area contributed by atoms with E-state index in [0.29, 0.717) is 13.0 Å². The van der Waals surface area contributed by atoms with E-state index in [1.165, 1.54) is 11.1 Å². The van der Waals surface area contributed by atoms with Crippen LogP contribution >= 0.6 is 0 Å². The fourth-order valence-corrected chi connectivity index (χ4v) is 3.67. The average molecular weight is 330 g/mol. The number of nitrogens with zero attached hydrogens (tertiary/aromatic N) is 1. The number of aryl methyl sites for hydroxylation is 1. The second-order valence-electron chi connectivity index (χ2n) is 7.96. The van der Waals surface area contributed by atoms with Gasteiger partial charge in [-0.3, -0.25) is 4.79 Å². The van der Waals surface area contributed by atoms with E-state index in [1.54, 1.807) is 6.92 Å². The van der Waals surface area contributed by atoms with Gasteiger partial charge in [0.1, 0.15) is 11.1 Å². The van der Waals surface area contributed by atoms with Gasteiger partial charge in [-0.2, -0.15) is 0 Å². The number of ether oxygens (including phenoxy) is 1. The lowest BCUT2D eigenvalue weighted by Crippen LogP contribution is -2.53. The average Bonchev–Trinajstić information content (AvgIpc) is 3.00. The molecule has 1 aromatic rings. The van der Waals surface area contributed by atoms with Gasteiger partial charge < -0.3 is 15.0 Å². The molecule has 1 N–H and O–H groups in total. The predicted molar refractivity (Wildman–Crippen MR) is 91.6 cm³/mol. The van der Waals surface area contributed by atoms with Crippen LogP contribution < -0.4 is 5.32 Å². The number of amides is 2. The zero-order valence-electron chi connectivity index (χ0n) is 14.9. The van der Waals surface area contributed by atoms with Gasteiger partial charge in [-0.05, 0) is 58.1 Å². The molecule has 0 aromatic heterocycles. The van der Waals surface area contributed by atoms with E-state index in [9.17, 15) is 9.59 Å². The van der Waals surface area contributed by atoms with E-state index in [0.717, 1.165) is 12.8 Å². The topological polar surface area (TPSA) is 58.6 Å². The zero-order valence-corrected chi connectivity index (χ0v) is 14.9. The zero-order chi connectivity index (χ0) is 17.5. The Morgan fingerprint density at radius 3 is 2.75 bits per heavy atom. The molecule has 5 heteroatoms. The summed E-state index contributed by atoms with van der Waals surface area (Å²) in [6.45, 7) is 7.89. The maximum Gasteiger partial charge on any atom is 0.408 e. The summed E-state index contributed by atoms with van der Waals surface area (Å²) in [5.74, 6) is -0.0185. The Kier molecular flexibility index (Phi) is 4.06. The molecule has 5 nitrogen and oxygen atoms in total. The summed E-state index contributed by atoms with van der Waals surface area (Å²) in [4.78, 5) is 27.0. The Morgan fingerprint density at radius 1 is 1.33 bits per heavy atom. The van der Waals surface area contributed by atoms with Crippen molar-refractivity contribution >= 4 is 12.0 Å². The molecule has 2 unspecified atom stereocenters. The standard InChI is InChI=1S/C19H26N2O3/c1-18(2,3)24-17(23)20-19(4)11-12-21(16(19)22)15-10-9-13-7-5-6-8-14(13)15/h5-8,15H,9-12H2,1-4H3,(H,20,23). The number of carbonyl (C=O) groups excluding carboxylic acids is 2. The first kappa shape index (κ1) is 16.8. The first-order valence-corrected chi connectivity index (χ1v) is 8.60. The largest absolute Gasteiger partial charge is 0.444 e. The molecule has 1 fully saturated rings. The molecule has 1 heterocycles. The van der Waals surface area contributed by atoms with Crippen LogP contribution in [-0.4, -0.2) is 34.6 Å². The summed E-state index contributed by atoms with van der Waals surface area (Å²) in [5, 5.41) is 2.79. The quantitative estimate of drug-likeness (QED) is 0.906. The number of nitrogens with one attached hydrogen (secondary N) is 1. The van der Waals surface area contributed by atoms with Gasteiger partial charge in [-0.15, -0.1) is 0 Å². The van der Waals surface area contributed by atoms with Gasteiger partial charge in [0.15, 0.2) is 0 Å². The van der Waals surface area contributed by atoms with E-state index in [4.69, 9.17) is 4.74 Å². The molecule has 0 bridgehead atoms. The van der Waals surface area contributed by atoms with Crippen LogP contribution in [0.4, 0.5) is 4.79 Å². The van der Waals surface area contributed by atoms with Crippen molar-refractivity contribution in [1.82, 2.24) is 10.2 Å². The number of rotatable bonds is 2. The van der Waals surface area contributed by atoms with E-state index in [-0.39, 0.29) is 11.9 Å². The van der Waals surface area contributed by atoms with Gasteiger partial charge in [0.05, 0.1) is 6.04 Å². The minimum absolute atomic E-state index is 0.0185. The summed E-state index contributed by atoms with van der Waals surface area (Å²) in [5.41, 5.74) is 1.10. The maximum atomic E-state index is 13.0. The Hall–Kier alpha value is -2.04. The normalized spacial score (nSPS) is 26.4. The Balaban J connectivity index is 1.72. The molecule has 1 saturated heterocycles. The van der Waals surface area contributed by atoms with Crippen LogP contribution in [0.15, 0.2) is 24.3 Å². The van der Waals surface area contributed by atoms with E-state index < -0.39 is 17.2 Å². The number of hydrogen-bond donors (Lipinski definition) is 1. The molecule has 2 aliphatic rings. The van der Waals surface area contributed by atoms with Crippen molar-refractivity contribution in [3.63, 3.8) is 0 Å². The van der Waals surface area contributed by atoms with Crippen molar-refractivity contribution in [1.29, 1.82) is 0 Å². The first-order chi connectivity index (χ1) is 11.2. The number of alkyl carbamates (subject to hydrolysis) is 1. The minimum atomic E-state index is -0.889. The van der Waals surface area contributed by atoms with Crippen LogP contribution in [0.2, 0.25) is 0 Å². The highest BCUT2D eigenvalue weighted by Crippen LogP contribution is 2.39. The molecule has 2 amide bonds. The van der Waals surface area contributed by atoms with Crippen molar-refractivity contribution in [2.24, 2.45) is 0 Å². The van der Waals surface area contributed by atoms with Gasteiger partial charge in [-0.1, -0.05) is 24.3 Å². The van der Waals surface area contributed by atoms with Gasteiger partial charge in [0, 0.05) is 6.54 Å². The molecule has 1 aliphatic carbocycles. The second kappa shape index (κ2) is 5.80. The number of likely N-dealkylation sites (tertiary alicyclic amines) is 1. The SMILES string of the molecule is CC(C)(C)OC(=O)NC1(C)CCN(C2CCc3ccccc32)C1=O. The number of hydrogen-bond acceptors (Lipinski definition) is 3. The summed E-state index contributed by atoms with van der Waals surface area (Å²) in [6, 6.07) is 8.43. The lowest BCUT2D eigenvalue weighted by molar-refractivity contribution is -0.134. The number of carbonyl (C=O) groups is 2. The highest BCUT2D eigenvalue weighted by molar-refractivity contribution is 5.92. The molecule has 0 saturated carbocycles. The van der Waals surface area contributed by atoms with Crippen LogP contribution in [0.3, 0.4) is 0 Å². The Labute approximate surface area is 143 Å². The predicted octanol–water partition coefficient (Wildman–Crippen LogP) is 3.19. The monoisotopic (exact) mass is 330 g/mol. The van der Waals surface area contributed by atoms with Crippen molar-refractivity contribution in [2.45, 2.75) is 64.1 Å². The van der Waals surface area contributed by atoms with Gasteiger partial charge >= 0.3 is 6.09 Å². The van der Waals surface area contributed by atoms with Crippen LogP contribution in [0.5, 0.6) is 0 Å². The molecule has 1 aliphatic heterocycles. The Bertz CT molecular complexity index is 665. The highest BCUT2D eigenvalue weighted by atomic mass is 16.6. The molecule has 1 aromatic carbocycles. The summed E-state index contributed by atoms with van der Waals surface area (Å²) >= 11 is 0. The minimum Gasteiger partial charge on any atom is -0.444 e. The van der Waals surface area contributed by atoms with Crippen molar-refractivity contribution in [3.05, 3.63) is 35.4 Å². The number of fused-ring (bicyclic) bond motifs is 1. The van der Waals surface area contributed by atoms with Gasteiger partial charge in [-0.25, -0.2) is 4.79 Å². The Morgan fingerprint density at radius 2 is 2.04 bits per heavy atom. The molecular formula is C19H26N2O3. The third-order valence-corrected chi connectivity index (χ3v) is 4.84. The van der Waals surface area contributed by atoms with Crippen molar-refractivity contribution in [3.8, 4) is 0 Å². The lowest BCUT2D eigenvalue weighted by Gasteiger charge is -2.29. The molecular weight excluding hydrogens is 304 g/mol. The fraction of sp³-hybridized carbons (Fsp3) is 0.579. The lowest BCUT2D eigenvalue weighted by atomic mass is 10.0. The van der Waals surface area contributed by atoms with Crippen LogP contribution in [0, 0.1) is 0 Å². The molecule has 3 rings (SSSR count). The molecule has 24 heavy (non-hydrogen) atoms. The van der Waals surface area contributed by atoms with Gasteiger partial charge in [0.2, 0.25) is 5.91 Å². The molecule has 0 spiro atoms. The highest BCUT2D eigenvalue weighted by Gasteiger charge is 2.47. The summed E-state index contributed by atoms with van der Waals surface area (Å²) in [7, 11) is 0. The molecule has 2 atom stereocenters. The summed E-state index contributed by atoms with van der Waals surface area (Å²) in [6.07, 6.45) is 2.02. The van der Waals surface area contributed by atoms with Gasteiger partial charge in [0.25, 0.3) is 0 Å². The smallest absolute Gasteiger partial charge is 0.408 e. The number of benzene rings is 1. The van der Waals surface area contributed by atoms with Crippen molar-refractivity contribution < 1.29 is 14.3 Å². The molecule has 0 radical (unpaired) electrons. The van der Waals surface area contributed by atoms with Crippen LogP contribution in [-0.2, 0) is 16.0 Å². The third kappa shape index (κ3) is 3.12. The second-order valence-corrected chi connectivity index (χ2v) is 7.96. The van der Waals surface area contributed by atoms with E-state index >= 15 is 0 Å².